The molecule has 0 bridgehead atoms. The normalized spacial score (nSPS) is 12.4. The van der Waals surface area contributed by atoms with Gasteiger partial charge in [0.15, 0.2) is 0 Å². The summed E-state index contributed by atoms with van der Waals surface area (Å²) in [5.41, 5.74) is 0.756. The molecule has 0 saturated heterocycles. The number of halogens is 1. The molecule has 258 valence electrons. The molecule has 0 aliphatic heterocycles. The summed E-state index contributed by atoms with van der Waals surface area (Å²) in [6, 6.07) is 22.8. The Hall–Kier alpha value is -5.30. The molecule has 0 fully saturated rings. The zero-order valence-electron chi connectivity index (χ0n) is 27.7. The van der Waals surface area contributed by atoms with Gasteiger partial charge in [0.1, 0.15) is 24.2 Å². The maximum Gasteiger partial charge on any atom is 0.273 e. The Morgan fingerprint density at radius 1 is 0.980 bits per heavy atom. The van der Waals surface area contributed by atoms with Crippen molar-refractivity contribution in [3.8, 4) is 5.75 Å². The van der Waals surface area contributed by atoms with Crippen LogP contribution in [0, 0.1) is 22.9 Å². The number of benzene rings is 4. The third-order valence-electron chi connectivity index (χ3n) is 8.18. The number of nitro benzene ring substituents is 1. The zero-order valence-corrected chi connectivity index (χ0v) is 28.5. The minimum Gasteiger partial charge on any atom is -0.497 e. The van der Waals surface area contributed by atoms with Gasteiger partial charge >= 0.3 is 0 Å². The lowest BCUT2D eigenvalue weighted by atomic mass is 10.0. The van der Waals surface area contributed by atoms with Crippen LogP contribution in [0.5, 0.6) is 5.75 Å². The van der Waals surface area contributed by atoms with Gasteiger partial charge in [0.2, 0.25) is 11.8 Å². The lowest BCUT2D eigenvalue weighted by molar-refractivity contribution is -0.385. The lowest BCUT2D eigenvalue weighted by Gasteiger charge is -2.34. The number of methoxy groups -OCH3 is 1. The highest BCUT2D eigenvalue weighted by Gasteiger charge is 2.36. The van der Waals surface area contributed by atoms with Crippen LogP contribution in [0.3, 0.4) is 0 Å². The van der Waals surface area contributed by atoms with Gasteiger partial charge in [0.25, 0.3) is 15.7 Å². The van der Waals surface area contributed by atoms with Gasteiger partial charge in [-0.2, -0.15) is 0 Å². The topological polar surface area (TPSA) is 139 Å². The molecular weight excluding hydrogens is 651 g/mol. The van der Waals surface area contributed by atoms with E-state index in [9.17, 15) is 28.1 Å². The molecule has 4 aromatic rings. The number of ether oxygens (including phenoxy) is 1. The maximum atomic E-state index is 15.1. The van der Waals surface area contributed by atoms with Crippen LogP contribution < -0.4 is 14.4 Å². The van der Waals surface area contributed by atoms with E-state index in [1.54, 1.807) is 30.3 Å². The fraction of sp³-hybridized carbons (Fsp3) is 0.278. The summed E-state index contributed by atoms with van der Waals surface area (Å²) in [4.78, 5) is 40.3. The molecular formula is C36H39FN4O7S. The van der Waals surface area contributed by atoms with Crippen molar-refractivity contribution in [2.45, 2.75) is 57.1 Å². The van der Waals surface area contributed by atoms with Crippen molar-refractivity contribution in [3.63, 3.8) is 0 Å². The Morgan fingerprint density at radius 2 is 1.63 bits per heavy atom. The Kier molecular flexibility index (Phi) is 12.1. The van der Waals surface area contributed by atoms with Gasteiger partial charge in [-0.1, -0.05) is 61.5 Å². The number of nitro groups is 1. The van der Waals surface area contributed by atoms with Gasteiger partial charge in [0, 0.05) is 36.2 Å². The standard InChI is InChI=1S/C36H39FN4O7S/c1-5-26(3)38-36(43)34(21-27-11-7-6-8-12-27)39(23-28-13-9-10-14-32(28)37)35(42)24-40(29-16-18-30(48-4)19-17-29)49(46,47)31-20-15-25(2)33(22-31)41(44)45/h6-20,22,26,34H,5,21,23-24H2,1-4H3,(H,38,43)/t26-,34-/m1/s1. The number of amides is 2. The van der Waals surface area contributed by atoms with Crippen LogP contribution in [0.2, 0.25) is 0 Å². The van der Waals surface area contributed by atoms with Crippen molar-refractivity contribution in [2.24, 2.45) is 0 Å². The van der Waals surface area contributed by atoms with Crippen molar-refractivity contribution in [1.29, 1.82) is 0 Å². The highest BCUT2D eigenvalue weighted by atomic mass is 32.2. The second-order valence-electron chi connectivity index (χ2n) is 11.6. The smallest absolute Gasteiger partial charge is 0.273 e. The predicted molar refractivity (Wildman–Crippen MR) is 184 cm³/mol. The number of aryl methyl sites for hydroxylation is 1. The van der Waals surface area contributed by atoms with E-state index in [0.29, 0.717) is 12.2 Å². The van der Waals surface area contributed by atoms with E-state index in [0.717, 1.165) is 15.9 Å². The van der Waals surface area contributed by atoms with E-state index in [2.05, 4.69) is 5.32 Å². The van der Waals surface area contributed by atoms with E-state index in [4.69, 9.17) is 4.74 Å². The van der Waals surface area contributed by atoms with Crippen molar-refractivity contribution >= 4 is 33.2 Å². The second-order valence-corrected chi connectivity index (χ2v) is 13.4. The number of nitrogens with zero attached hydrogens (tertiary/aromatic N) is 3. The molecule has 1 N–H and O–H groups in total. The van der Waals surface area contributed by atoms with E-state index in [-0.39, 0.29) is 35.8 Å². The molecule has 0 aliphatic rings. The Balaban J connectivity index is 1.85. The number of rotatable bonds is 15. The monoisotopic (exact) mass is 690 g/mol. The Morgan fingerprint density at radius 3 is 2.24 bits per heavy atom. The molecule has 4 rings (SSSR count). The molecule has 0 saturated carbocycles. The highest BCUT2D eigenvalue weighted by molar-refractivity contribution is 7.92. The number of hydrogen-bond donors (Lipinski definition) is 1. The number of carbonyl (C=O) groups is 2. The molecule has 0 aliphatic carbocycles. The molecule has 0 heterocycles. The molecule has 13 heteroatoms. The van der Waals surface area contributed by atoms with Crippen molar-refractivity contribution in [3.05, 3.63) is 130 Å². The van der Waals surface area contributed by atoms with Gasteiger partial charge in [-0.05, 0) is 62.2 Å². The summed E-state index contributed by atoms with van der Waals surface area (Å²) in [5, 5.41) is 14.6. The van der Waals surface area contributed by atoms with Crippen LogP contribution in [0.15, 0.2) is 102 Å². The molecule has 0 unspecified atom stereocenters. The number of sulfonamides is 1. The summed E-state index contributed by atoms with van der Waals surface area (Å²) in [6.45, 7) is 4.04. The van der Waals surface area contributed by atoms with Gasteiger partial charge < -0.3 is 15.0 Å². The minimum absolute atomic E-state index is 0.0583. The lowest BCUT2D eigenvalue weighted by Crippen LogP contribution is -2.54. The fourth-order valence-electron chi connectivity index (χ4n) is 5.16. The average molecular weight is 691 g/mol. The van der Waals surface area contributed by atoms with Crippen molar-refractivity contribution in [1.82, 2.24) is 10.2 Å². The number of hydrogen-bond acceptors (Lipinski definition) is 7. The SMILES string of the molecule is CC[C@@H](C)NC(=O)[C@@H](Cc1ccccc1)N(Cc1ccccc1F)C(=O)CN(c1ccc(OC)cc1)S(=O)(=O)c1ccc(C)c([N+](=O)[O-])c1. The summed E-state index contributed by atoms with van der Waals surface area (Å²) in [6.07, 6.45) is 0.667. The van der Waals surface area contributed by atoms with Gasteiger partial charge in [0.05, 0.1) is 22.6 Å². The number of carbonyl (C=O) groups excluding carboxylic acids is 2. The summed E-state index contributed by atoms with van der Waals surface area (Å²) in [5.74, 6) is -1.47. The number of nitrogens with one attached hydrogen (secondary N) is 1. The third kappa shape index (κ3) is 8.99. The van der Waals surface area contributed by atoms with Crippen LogP contribution in [-0.2, 0) is 32.6 Å². The Bertz CT molecular complexity index is 1890. The van der Waals surface area contributed by atoms with Crippen LogP contribution >= 0.6 is 0 Å². The fourth-order valence-corrected chi connectivity index (χ4v) is 6.59. The predicted octanol–water partition coefficient (Wildman–Crippen LogP) is 5.80. The zero-order chi connectivity index (χ0) is 35.7. The van der Waals surface area contributed by atoms with Crippen LogP contribution in [0.4, 0.5) is 15.8 Å². The van der Waals surface area contributed by atoms with E-state index in [1.165, 1.54) is 73.5 Å². The van der Waals surface area contributed by atoms with Crippen LogP contribution in [0.1, 0.15) is 37.0 Å². The molecule has 0 radical (unpaired) electrons. The molecule has 0 aromatic heterocycles. The molecule has 11 nitrogen and oxygen atoms in total. The van der Waals surface area contributed by atoms with Crippen molar-refractivity contribution in [2.75, 3.05) is 18.0 Å². The molecule has 49 heavy (non-hydrogen) atoms. The molecule has 0 spiro atoms. The maximum absolute atomic E-state index is 15.1. The minimum atomic E-state index is -4.62. The first kappa shape index (κ1) is 36.5. The molecule has 4 aromatic carbocycles. The first-order valence-corrected chi connectivity index (χ1v) is 17.1. The average Bonchev–Trinajstić information content (AvgIpc) is 3.09. The van der Waals surface area contributed by atoms with Crippen LogP contribution in [-0.4, -0.2) is 55.8 Å². The second kappa shape index (κ2) is 16.2. The summed E-state index contributed by atoms with van der Waals surface area (Å²) < 4.78 is 49.7. The van der Waals surface area contributed by atoms with E-state index in [1.807, 2.05) is 19.9 Å². The van der Waals surface area contributed by atoms with Gasteiger partial charge in [-0.25, -0.2) is 12.8 Å². The van der Waals surface area contributed by atoms with E-state index >= 15 is 4.39 Å². The Labute approximate surface area is 285 Å². The van der Waals surface area contributed by atoms with Crippen molar-refractivity contribution < 1.29 is 32.1 Å². The quantitative estimate of drug-likeness (QED) is 0.123. The largest absolute Gasteiger partial charge is 0.497 e. The van der Waals surface area contributed by atoms with Gasteiger partial charge in [-0.15, -0.1) is 0 Å². The summed E-state index contributed by atoms with van der Waals surface area (Å²) in [7, 11) is -3.18. The summed E-state index contributed by atoms with van der Waals surface area (Å²) >= 11 is 0. The first-order valence-electron chi connectivity index (χ1n) is 15.6. The third-order valence-corrected chi connectivity index (χ3v) is 9.95. The van der Waals surface area contributed by atoms with Crippen LogP contribution in [0.25, 0.3) is 0 Å². The molecule has 2 atom stereocenters. The number of anilines is 1. The van der Waals surface area contributed by atoms with E-state index < -0.39 is 55.7 Å². The molecule has 2 amide bonds. The van der Waals surface area contributed by atoms with Gasteiger partial charge in [-0.3, -0.25) is 24.0 Å². The highest BCUT2D eigenvalue weighted by Crippen LogP contribution is 2.30. The first-order chi connectivity index (χ1) is 23.3.